The number of anilines is 1. The summed E-state index contributed by atoms with van der Waals surface area (Å²) in [5, 5.41) is 3.08. The summed E-state index contributed by atoms with van der Waals surface area (Å²) in [5.41, 5.74) is 6.12. The number of aryl methyl sites for hydroxylation is 3. The second-order valence-corrected chi connectivity index (χ2v) is 8.44. The number of nitrogens with zero attached hydrogens (tertiary/aromatic N) is 1. The molecule has 2 aromatic rings. The smallest absolute Gasteiger partial charge is 0.279 e. The lowest BCUT2D eigenvalue weighted by Crippen LogP contribution is -3.28. The summed E-state index contributed by atoms with van der Waals surface area (Å²) in [6.07, 6.45) is 0. The van der Waals surface area contributed by atoms with Crippen LogP contribution in [0.25, 0.3) is 0 Å². The maximum Gasteiger partial charge on any atom is 0.279 e. The molecular weight excluding hydrogens is 364 g/mol. The van der Waals surface area contributed by atoms with Crippen LogP contribution in [0.1, 0.15) is 32.9 Å². The number of carbonyl (C=O) groups excluding carboxylic acids is 2. The van der Waals surface area contributed by atoms with E-state index in [0.717, 1.165) is 59.9 Å². The summed E-state index contributed by atoms with van der Waals surface area (Å²) in [5.74, 6) is 0.282. The fraction of sp³-hybridized carbons (Fsp3) is 0.478. The number of aromatic nitrogens is 1. The van der Waals surface area contributed by atoms with E-state index in [-0.39, 0.29) is 11.7 Å². The van der Waals surface area contributed by atoms with Crippen molar-refractivity contribution in [2.75, 3.05) is 44.6 Å². The van der Waals surface area contributed by atoms with Gasteiger partial charge in [-0.3, -0.25) is 9.59 Å². The standard InChI is InChI=1S/C23H32N4O2/c1-16-7-6-8-17(2)23(16)24-22(29)15-27-11-9-26(10-12-27)14-21(28)20-13-18(3)25(5)19(20)4/h6-8,13H,9-12,14-15H2,1-5H3,(H,24,29)/p+2. The Bertz CT molecular complexity index is 888. The van der Waals surface area contributed by atoms with Gasteiger partial charge in [0.05, 0.1) is 0 Å². The van der Waals surface area contributed by atoms with E-state index in [1.165, 1.54) is 9.80 Å². The minimum Gasteiger partial charge on any atom is -0.351 e. The molecule has 0 unspecified atom stereocenters. The van der Waals surface area contributed by atoms with Crippen LogP contribution in [0.5, 0.6) is 0 Å². The Morgan fingerprint density at radius 2 is 1.52 bits per heavy atom. The maximum atomic E-state index is 12.7. The Balaban J connectivity index is 1.48. The Morgan fingerprint density at radius 3 is 2.03 bits per heavy atom. The number of quaternary nitrogens is 2. The van der Waals surface area contributed by atoms with Crippen molar-refractivity contribution in [2.45, 2.75) is 27.7 Å². The van der Waals surface area contributed by atoms with E-state index < -0.39 is 0 Å². The number of ketones is 1. The van der Waals surface area contributed by atoms with Crippen molar-refractivity contribution in [1.82, 2.24) is 4.57 Å². The van der Waals surface area contributed by atoms with Gasteiger partial charge in [-0.2, -0.15) is 0 Å². The van der Waals surface area contributed by atoms with Gasteiger partial charge in [0.25, 0.3) is 5.91 Å². The minimum absolute atomic E-state index is 0.0623. The molecule has 6 heteroatoms. The van der Waals surface area contributed by atoms with Crippen LogP contribution >= 0.6 is 0 Å². The summed E-state index contributed by atoms with van der Waals surface area (Å²) in [7, 11) is 2.00. The minimum atomic E-state index is 0.0623. The fourth-order valence-electron chi connectivity index (χ4n) is 4.19. The summed E-state index contributed by atoms with van der Waals surface area (Å²) in [6, 6.07) is 8.04. The number of amides is 1. The number of benzene rings is 1. The van der Waals surface area contributed by atoms with Crippen molar-refractivity contribution in [3.63, 3.8) is 0 Å². The van der Waals surface area contributed by atoms with E-state index in [1.807, 2.05) is 59.0 Å². The largest absolute Gasteiger partial charge is 0.351 e. The molecule has 1 aromatic heterocycles. The predicted molar refractivity (Wildman–Crippen MR) is 115 cm³/mol. The molecule has 1 aromatic carbocycles. The van der Waals surface area contributed by atoms with Gasteiger partial charge in [0.2, 0.25) is 5.78 Å². The zero-order valence-electron chi connectivity index (χ0n) is 18.3. The first-order valence-electron chi connectivity index (χ1n) is 10.5. The molecule has 1 fully saturated rings. The molecule has 0 atom stereocenters. The molecule has 1 amide bonds. The molecule has 0 saturated carbocycles. The topological polar surface area (TPSA) is 60.0 Å². The van der Waals surface area contributed by atoms with E-state index in [1.54, 1.807) is 0 Å². The van der Waals surface area contributed by atoms with Gasteiger partial charge in [-0.25, -0.2) is 0 Å². The molecule has 0 radical (unpaired) electrons. The predicted octanol–water partition coefficient (Wildman–Crippen LogP) is -0.136. The molecule has 1 aliphatic heterocycles. The zero-order valence-corrected chi connectivity index (χ0v) is 18.3. The normalized spacial score (nSPS) is 19.2. The molecule has 0 spiro atoms. The van der Waals surface area contributed by atoms with E-state index in [0.29, 0.717) is 13.1 Å². The highest BCUT2D eigenvalue weighted by atomic mass is 16.2. The molecule has 2 heterocycles. The third-order valence-electron chi connectivity index (χ3n) is 6.31. The first kappa shape index (κ1) is 21.3. The number of nitrogens with one attached hydrogen (secondary N) is 3. The number of para-hydroxylation sites is 1. The average Bonchev–Trinajstić information content (AvgIpc) is 2.94. The molecule has 3 N–H and O–H groups in total. The number of piperazine rings is 1. The number of rotatable bonds is 6. The molecule has 3 rings (SSSR count). The van der Waals surface area contributed by atoms with E-state index in [9.17, 15) is 9.59 Å². The van der Waals surface area contributed by atoms with Gasteiger partial charge >= 0.3 is 0 Å². The highest BCUT2D eigenvalue weighted by molar-refractivity contribution is 5.98. The Kier molecular flexibility index (Phi) is 6.55. The van der Waals surface area contributed by atoms with Gasteiger partial charge in [-0.15, -0.1) is 0 Å². The van der Waals surface area contributed by atoms with Crippen LogP contribution in [0.4, 0.5) is 5.69 Å². The maximum absolute atomic E-state index is 12.7. The summed E-state index contributed by atoms with van der Waals surface area (Å²) < 4.78 is 2.07. The number of hydrogen-bond acceptors (Lipinski definition) is 2. The highest BCUT2D eigenvalue weighted by Crippen LogP contribution is 2.18. The Hall–Kier alpha value is -2.44. The van der Waals surface area contributed by atoms with Crippen LogP contribution in [0.2, 0.25) is 0 Å². The van der Waals surface area contributed by atoms with Gasteiger partial charge in [-0.1, -0.05) is 18.2 Å². The second kappa shape index (κ2) is 8.93. The molecule has 6 nitrogen and oxygen atoms in total. The lowest BCUT2D eigenvalue weighted by molar-refractivity contribution is -1.00. The quantitative estimate of drug-likeness (QED) is 0.594. The van der Waals surface area contributed by atoms with Crippen molar-refractivity contribution in [2.24, 2.45) is 7.05 Å². The van der Waals surface area contributed by atoms with Crippen molar-refractivity contribution in [3.05, 3.63) is 52.3 Å². The van der Waals surface area contributed by atoms with E-state index in [4.69, 9.17) is 0 Å². The number of carbonyl (C=O) groups is 2. The number of Topliss-reactive ketones (excluding diaryl/α,β-unsaturated/α-hetero) is 1. The van der Waals surface area contributed by atoms with Gasteiger partial charge in [-0.05, 0) is 44.9 Å². The second-order valence-electron chi connectivity index (χ2n) is 8.44. The lowest BCUT2D eigenvalue weighted by Gasteiger charge is -2.29. The molecule has 0 bridgehead atoms. The molecule has 1 saturated heterocycles. The lowest BCUT2D eigenvalue weighted by atomic mass is 10.1. The van der Waals surface area contributed by atoms with Crippen LogP contribution in [-0.2, 0) is 11.8 Å². The summed E-state index contributed by atoms with van der Waals surface area (Å²) >= 11 is 0. The van der Waals surface area contributed by atoms with Gasteiger partial charge in [0.1, 0.15) is 32.7 Å². The van der Waals surface area contributed by atoms with Crippen molar-refractivity contribution in [1.29, 1.82) is 0 Å². The Morgan fingerprint density at radius 1 is 0.966 bits per heavy atom. The van der Waals surface area contributed by atoms with E-state index >= 15 is 0 Å². The fourth-order valence-corrected chi connectivity index (χ4v) is 4.19. The molecule has 156 valence electrons. The monoisotopic (exact) mass is 398 g/mol. The van der Waals surface area contributed by atoms with Gasteiger partial charge in [0.15, 0.2) is 6.54 Å². The van der Waals surface area contributed by atoms with Crippen molar-refractivity contribution >= 4 is 17.4 Å². The third-order valence-corrected chi connectivity index (χ3v) is 6.31. The van der Waals surface area contributed by atoms with Crippen LogP contribution < -0.4 is 15.1 Å². The van der Waals surface area contributed by atoms with Crippen LogP contribution in [0, 0.1) is 27.7 Å². The Labute approximate surface area is 173 Å². The zero-order chi connectivity index (χ0) is 21.1. The van der Waals surface area contributed by atoms with E-state index in [2.05, 4.69) is 9.88 Å². The average molecular weight is 399 g/mol. The summed E-state index contributed by atoms with van der Waals surface area (Å²) in [4.78, 5) is 27.8. The van der Waals surface area contributed by atoms with Crippen LogP contribution in [-0.4, -0.2) is 55.5 Å². The molecular formula is C23H34N4O2+2. The van der Waals surface area contributed by atoms with Crippen molar-refractivity contribution in [3.8, 4) is 0 Å². The van der Waals surface area contributed by atoms with Gasteiger partial charge < -0.3 is 19.7 Å². The molecule has 0 aliphatic carbocycles. The van der Waals surface area contributed by atoms with Gasteiger partial charge in [0, 0.05) is 29.7 Å². The first-order chi connectivity index (χ1) is 13.8. The van der Waals surface area contributed by atoms with Crippen LogP contribution in [0.3, 0.4) is 0 Å². The number of hydrogen-bond donors (Lipinski definition) is 3. The van der Waals surface area contributed by atoms with Crippen LogP contribution in [0.15, 0.2) is 24.3 Å². The third kappa shape index (κ3) is 4.95. The summed E-state index contributed by atoms with van der Waals surface area (Å²) in [6.45, 7) is 12.7. The first-order valence-corrected chi connectivity index (χ1v) is 10.5. The SMILES string of the molecule is Cc1cccc(C)c1NC(=O)C[NH+]1CC[NH+](CC(=O)c2cc(C)n(C)c2C)CC1. The molecule has 1 aliphatic rings. The molecule has 29 heavy (non-hydrogen) atoms. The van der Waals surface area contributed by atoms with Crippen molar-refractivity contribution < 1.29 is 19.4 Å². The highest BCUT2D eigenvalue weighted by Gasteiger charge is 2.27.